The second-order valence-electron chi connectivity index (χ2n) is 4.78. The lowest BCUT2D eigenvalue weighted by molar-refractivity contribution is 0.344. The molecule has 0 atom stereocenters. The molecule has 2 heterocycles. The fraction of sp³-hybridized carbons (Fsp3) is 0.200. The van der Waals surface area contributed by atoms with Crippen molar-refractivity contribution < 1.29 is 4.52 Å². The highest BCUT2D eigenvalue weighted by Gasteiger charge is 2.08. The molecule has 2 aromatic heterocycles. The fourth-order valence-electron chi connectivity index (χ4n) is 2.17. The number of aromatic nitrogens is 2. The van der Waals surface area contributed by atoms with Crippen molar-refractivity contribution in [3.63, 3.8) is 0 Å². The molecule has 0 unspecified atom stereocenters. The maximum absolute atomic E-state index is 11.9. The van der Waals surface area contributed by atoms with E-state index in [1.54, 1.807) is 13.0 Å². The van der Waals surface area contributed by atoms with E-state index in [2.05, 4.69) is 4.98 Å². The van der Waals surface area contributed by atoms with Crippen LogP contribution in [0.2, 0.25) is 0 Å². The summed E-state index contributed by atoms with van der Waals surface area (Å²) in [6, 6.07) is 13.2. The minimum Gasteiger partial charge on any atom is -0.375 e. The quantitative estimate of drug-likeness (QED) is 0.731. The summed E-state index contributed by atoms with van der Waals surface area (Å²) in [5.74, 6) is 0.670. The van der Waals surface area contributed by atoms with Gasteiger partial charge in [-0.2, -0.15) is 0 Å². The van der Waals surface area contributed by atoms with Crippen LogP contribution in [0.3, 0.4) is 0 Å². The Kier molecular flexibility index (Phi) is 3.02. The second-order valence-corrected chi connectivity index (χ2v) is 4.78. The highest BCUT2D eigenvalue weighted by atomic mass is 16.5. The van der Waals surface area contributed by atoms with Gasteiger partial charge < -0.3 is 9.42 Å². The van der Waals surface area contributed by atoms with Crippen LogP contribution in [0.1, 0.15) is 11.5 Å². The number of aryl methyl sites for hydroxylation is 1. The summed E-state index contributed by atoms with van der Waals surface area (Å²) in [6.07, 6.45) is 0. The van der Waals surface area contributed by atoms with Gasteiger partial charge in [-0.15, -0.1) is 4.57 Å². The van der Waals surface area contributed by atoms with Crippen molar-refractivity contribution in [1.29, 1.82) is 0 Å². The maximum atomic E-state index is 11.9. The first kappa shape index (κ1) is 12.5. The van der Waals surface area contributed by atoms with E-state index < -0.39 is 0 Å². The number of rotatable bonds is 3. The molecule has 0 radical (unpaired) electrons. The van der Waals surface area contributed by atoms with E-state index in [1.807, 2.05) is 42.3 Å². The molecule has 0 amide bonds. The Morgan fingerprint density at radius 2 is 2.00 bits per heavy atom. The van der Waals surface area contributed by atoms with Crippen molar-refractivity contribution in [3.05, 3.63) is 64.3 Å². The van der Waals surface area contributed by atoms with E-state index in [4.69, 9.17) is 4.52 Å². The zero-order chi connectivity index (χ0) is 14.1. The van der Waals surface area contributed by atoms with Gasteiger partial charge in [0.2, 0.25) is 0 Å². The number of para-hydroxylation sites is 1. The van der Waals surface area contributed by atoms with Gasteiger partial charge in [-0.1, -0.05) is 18.2 Å². The molecule has 102 valence electrons. The van der Waals surface area contributed by atoms with Gasteiger partial charge >= 0.3 is 0 Å². The molecule has 0 saturated carbocycles. The normalized spacial score (nSPS) is 10.9. The number of hydrogen-bond acceptors (Lipinski definition) is 4. The zero-order valence-corrected chi connectivity index (χ0v) is 11.4. The lowest BCUT2D eigenvalue weighted by Crippen LogP contribution is -2.20. The van der Waals surface area contributed by atoms with Crippen LogP contribution in [-0.4, -0.2) is 16.6 Å². The first-order chi connectivity index (χ1) is 9.63. The van der Waals surface area contributed by atoms with Crippen LogP contribution >= 0.6 is 0 Å². The predicted octanol–water partition coefficient (Wildman–Crippen LogP) is 2.23. The molecular weight excluding hydrogens is 254 g/mol. The molecule has 3 aromatic rings. The third-order valence-corrected chi connectivity index (χ3v) is 3.12. The summed E-state index contributed by atoms with van der Waals surface area (Å²) < 4.78 is 6.48. The van der Waals surface area contributed by atoms with Crippen molar-refractivity contribution in [1.82, 2.24) is 9.56 Å². The highest BCUT2D eigenvalue weighted by molar-refractivity contribution is 5.46. The van der Waals surface area contributed by atoms with Gasteiger partial charge in [-0.25, -0.2) is 4.98 Å². The summed E-state index contributed by atoms with van der Waals surface area (Å²) in [4.78, 5) is 18.4. The fourth-order valence-corrected chi connectivity index (χ4v) is 2.17. The van der Waals surface area contributed by atoms with Crippen LogP contribution in [-0.2, 0) is 6.54 Å². The smallest absolute Gasteiger partial charge is 0.287 e. The molecule has 0 bridgehead atoms. The summed E-state index contributed by atoms with van der Waals surface area (Å²) in [5, 5.41) is 0. The first-order valence-electron chi connectivity index (χ1n) is 6.39. The van der Waals surface area contributed by atoms with Gasteiger partial charge in [-0.3, -0.25) is 4.79 Å². The molecule has 0 aliphatic carbocycles. The van der Waals surface area contributed by atoms with Crippen LogP contribution < -0.4 is 10.5 Å². The van der Waals surface area contributed by atoms with E-state index in [1.165, 1.54) is 10.6 Å². The SMILES string of the molecule is Cc1cc2nc(CN(C)c3ccccc3)cc(=O)n2o1. The average molecular weight is 269 g/mol. The van der Waals surface area contributed by atoms with E-state index >= 15 is 0 Å². The first-order valence-corrected chi connectivity index (χ1v) is 6.39. The van der Waals surface area contributed by atoms with Crippen LogP contribution in [0.15, 0.2) is 51.8 Å². The van der Waals surface area contributed by atoms with Crippen LogP contribution in [0, 0.1) is 6.92 Å². The number of benzene rings is 1. The van der Waals surface area contributed by atoms with Gasteiger partial charge in [0.05, 0.1) is 12.2 Å². The maximum Gasteiger partial charge on any atom is 0.287 e. The molecule has 5 heteroatoms. The molecule has 0 aliphatic heterocycles. The number of nitrogens with zero attached hydrogens (tertiary/aromatic N) is 3. The van der Waals surface area contributed by atoms with Gasteiger partial charge in [0.1, 0.15) is 5.76 Å². The molecule has 0 aliphatic rings. The second kappa shape index (κ2) is 4.85. The largest absolute Gasteiger partial charge is 0.375 e. The van der Waals surface area contributed by atoms with Crippen molar-refractivity contribution in [2.75, 3.05) is 11.9 Å². The Balaban J connectivity index is 1.93. The minimum atomic E-state index is -0.195. The third-order valence-electron chi connectivity index (χ3n) is 3.12. The molecule has 20 heavy (non-hydrogen) atoms. The number of hydrogen-bond donors (Lipinski definition) is 0. The van der Waals surface area contributed by atoms with E-state index in [0.717, 1.165) is 11.4 Å². The Morgan fingerprint density at radius 3 is 2.75 bits per heavy atom. The summed E-state index contributed by atoms with van der Waals surface area (Å²) in [7, 11) is 1.97. The van der Waals surface area contributed by atoms with Crippen LogP contribution in [0.25, 0.3) is 5.65 Å². The lowest BCUT2D eigenvalue weighted by atomic mass is 10.3. The Bertz CT molecular complexity index is 790. The highest BCUT2D eigenvalue weighted by Crippen LogP contribution is 2.14. The van der Waals surface area contributed by atoms with E-state index in [9.17, 15) is 4.79 Å². The molecule has 0 spiro atoms. The van der Waals surface area contributed by atoms with E-state index in [-0.39, 0.29) is 5.56 Å². The molecular formula is C15H15N3O2. The third kappa shape index (κ3) is 2.30. The Morgan fingerprint density at radius 1 is 1.25 bits per heavy atom. The standard InChI is InChI=1S/C15H15N3O2/c1-11-8-14-16-12(9-15(19)18(14)20-11)10-17(2)13-6-4-3-5-7-13/h3-9H,10H2,1-2H3. The molecule has 0 N–H and O–H groups in total. The monoisotopic (exact) mass is 269 g/mol. The summed E-state index contributed by atoms with van der Waals surface area (Å²) in [6.45, 7) is 2.36. The molecule has 0 saturated heterocycles. The Labute approximate surface area is 116 Å². The van der Waals surface area contributed by atoms with Crippen molar-refractivity contribution >= 4 is 11.3 Å². The Hall–Kier alpha value is -2.56. The van der Waals surface area contributed by atoms with E-state index in [0.29, 0.717) is 18.0 Å². The zero-order valence-electron chi connectivity index (χ0n) is 11.4. The minimum absolute atomic E-state index is 0.195. The van der Waals surface area contributed by atoms with Crippen molar-refractivity contribution in [2.24, 2.45) is 0 Å². The van der Waals surface area contributed by atoms with Gasteiger partial charge in [0.15, 0.2) is 5.65 Å². The summed E-state index contributed by atoms with van der Waals surface area (Å²) in [5.41, 5.74) is 2.16. The molecule has 1 aromatic carbocycles. The number of anilines is 1. The van der Waals surface area contributed by atoms with Gasteiger partial charge in [-0.05, 0) is 19.1 Å². The molecule has 5 nitrogen and oxygen atoms in total. The molecule has 3 rings (SSSR count). The van der Waals surface area contributed by atoms with Crippen LogP contribution in [0.4, 0.5) is 5.69 Å². The van der Waals surface area contributed by atoms with Gasteiger partial charge in [0, 0.05) is 24.9 Å². The molecule has 0 fully saturated rings. The van der Waals surface area contributed by atoms with Gasteiger partial charge in [0.25, 0.3) is 5.56 Å². The van der Waals surface area contributed by atoms with Crippen molar-refractivity contribution in [2.45, 2.75) is 13.5 Å². The van der Waals surface area contributed by atoms with Crippen molar-refractivity contribution in [3.8, 4) is 0 Å². The lowest BCUT2D eigenvalue weighted by Gasteiger charge is -2.18. The summed E-state index contributed by atoms with van der Waals surface area (Å²) >= 11 is 0. The topological polar surface area (TPSA) is 50.8 Å². The average Bonchev–Trinajstić information content (AvgIpc) is 2.81. The predicted molar refractivity (Wildman–Crippen MR) is 77.0 cm³/mol. The van der Waals surface area contributed by atoms with Crippen LogP contribution in [0.5, 0.6) is 0 Å². The number of fused-ring (bicyclic) bond motifs is 1.